The van der Waals surface area contributed by atoms with E-state index in [2.05, 4.69) is 33.9 Å². The fourth-order valence-corrected chi connectivity index (χ4v) is 3.76. The van der Waals surface area contributed by atoms with Crippen molar-refractivity contribution in [3.63, 3.8) is 0 Å². The third-order valence-corrected chi connectivity index (χ3v) is 5.27. The van der Waals surface area contributed by atoms with Gasteiger partial charge in [0.15, 0.2) is 10.8 Å². The van der Waals surface area contributed by atoms with E-state index < -0.39 is 0 Å². The maximum Gasteiger partial charge on any atom is 0.224 e. The number of fused-ring (bicyclic) bond motifs is 1. The number of amides is 1. The number of halogens is 1. The molecule has 1 aromatic heterocycles. The molecule has 6 heteroatoms. The number of nitrogens with one attached hydrogen (secondary N) is 1. The summed E-state index contributed by atoms with van der Waals surface area (Å²) in [7, 11) is 0. The van der Waals surface area contributed by atoms with Crippen LogP contribution in [0, 0.1) is 19.4 Å². The Labute approximate surface area is 171 Å². The van der Waals surface area contributed by atoms with Gasteiger partial charge in [0.05, 0.1) is 12.3 Å². The number of pyridine rings is 1. The molecule has 5 nitrogen and oxygen atoms in total. The fourth-order valence-electron chi connectivity index (χ4n) is 3.48. The number of nitrogens with zero attached hydrogens (tertiary/aromatic N) is 3. The highest BCUT2D eigenvalue weighted by Crippen LogP contribution is 2.39. The number of hydrogen-bond acceptors (Lipinski definition) is 3. The van der Waals surface area contributed by atoms with E-state index in [4.69, 9.17) is 18.2 Å². The van der Waals surface area contributed by atoms with E-state index in [1.165, 1.54) is 0 Å². The van der Waals surface area contributed by atoms with Crippen LogP contribution in [0.15, 0.2) is 24.3 Å². The summed E-state index contributed by atoms with van der Waals surface area (Å²) < 4.78 is 0. The summed E-state index contributed by atoms with van der Waals surface area (Å²) in [4.78, 5) is 22.5. The quantitative estimate of drug-likeness (QED) is 0.494. The standard InChI is InChI=1S/C22H25ClN4O/c1-14(2)10-11-20(28)26-21-15(3)13-19(25-22(21)23)27-12-6-7-16-17(24-4)8-5-9-18(16)27/h5,8-9,13-14H,6-7,10-12H2,1-3H3,(H,26,28). The molecule has 0 radical (unpaired) electrons. The van der Waals surface area contributed by atoms with Gasteiger partial charge in [0.2, 0.25) is 5.91 Å². The monoisotopic (exact) mass is 396 g/mol. The zero-order valence-corrected chi connectivity index (χ0v) is 17.3. The molecule has 0 spiro atoms. The molecule has 0 atom stereocenters. The van der Waals surface area contributed by atoms with Gasteiger partial charge in [-0.2, -0.15) is 0 Å². The van der Waals surface area contributed by atoms with Crippen LogP contribution < -0.4 is 10.2 Å². The van der Waals surface area contributed by atoms with Gasteiger partial charge in [-0.3, -0.25) is 4.79 Å². The average Bonchev–Trinajstić information content (AvgIpc) is 2.68. The number of benzene rings is 1. The third kappa shape index (κ3) is 4.28. The van der Waals surface area contributed by atoms with E-state index in [0.717, 1.165) is 48.4 Å². The van der Waals surface area contributed by atoms with Gasteiger partial charge < -0.3 is 10.2 Å². The van der Waals surface area contributed by atoms with Gasteiger partial charge in [0.25, 0.3) is 0 Å². The van der Waals surface area contributed by atoms with Gasteiger partial charge in [-0.1, -0.05) is 37.6 Å². The number of rotatable bonds is 5. The van der Waals surface area contributed by atoms with Crippen LogP contribution in [0.4, 0.5) is 22.9 Å². The van der Waals surface area contributed by atoms with Crippen LogP contribution in [0.25, 0.3) is 4.85 Å². The minimum Gasteiger partial charge on any atom is -0.327 e. The minimum absolute atomic E-state index is 0.0433. The molecule has 146 valence electrons. The molecule has 0 saturated heterocycles. The molecule has 0 bridgehead atoms. The van der Waals surface area contributed by atoms with Gasteiger partial charge in [-0.15, -0.1) is 0 Å². The van der Waals surface area contributed by atoms with Crippen molar-refractivity contribution in [2.75, 3.05) is 16.8 Å². The molecule has 2 heterocycles. The van der Waals surface area contributed by atoms with Crippen LogP contribution in [0.3, 0.4) is 0 Å². The second-order valence-corrected chi connectivity index (χ2v) is 7.94. The molecule has 1 aliphatic heterocycles. The predicted octanol–water partition coefficient (Wildman–Crippen LogP) is 6.05. The molecule has 0 aliphatic carbocycles. The van der Waals surface area contributed by atoms with Gasteiger partial charge in [-0.05, 0) is 55.4 Å². The average molecular weight is 397 g/mol. The Kier molecular flexibility index (Phi) is 6.21. The number of carbonyl (C=O) groups excluding carboxylic acids is 1. The van der Waals surface area contributed by atoms with Crippen LogP contribution in [-0.2, 0) is 11.2 Å². The summed E-state index contributed by atoms with van der Waals surface area (Å²) in [6.45, 7) is 14.3. The lowest BCUT2D eigenvalue weighted by atomic mass is 9.99. The lowest BCUT2D eigenvalue weighted by Gasteiger charge is -2.31. The molecule has 0 unspecified atom stereocenters. The summed E-state index contributed by atoms with van der Waals surface area (Å²) in [5.74, 6) is 1.17. The maximum absolute atomic E-state index is 12.2. The van der Waals surface area contributed by atoms with Crippen molar-refractivity contribution in [3.8, 4) is 0 Å². The molecule has 0 saturated carbocycles. The van der Waals surface area contributed by atoms with Crippen molar-refractivity contribution in [3.05, 3.63) is 52.0 Å². The first-order valence-corrected chi connectivity index (χ1v) is 10.0. The summed E-state index contributed by atoms with van der Waals surface area (Å²) in [5, 5.41) is 3.20. The lowest BCUT2D eigenvalue weighted by molar-refractivity contribution is -0.116. The number of aryl methyl sites for hydroxylation is 1. The Morgan fingerprint density at radius 2 is 2.21 bits per heavy atom. The van der Waals surface area contributed by atoms with E-state index >= 15 is 0 Å². The second kappa shape index (κ2) is 8.62. The highest BCUT2D eigenvalue weighted by atomic mass is 35.5. The first-order chi connectivity index (χ1) is 13.4. The normalized spacial score (nSPS) is 13.2. The smallest absolute Gasteiger partial charge is 0.224 e. The molecule has 0 fully saturated rings. The van der Waals surface area contributed by atoms with Crippen LogP contribution in [-0.4, -0.2) is 17.4 Å². The van der Waals surface area contributed by atoms with Gasteiger partial charge in [-0.25, -0.2) is 9.83 Å². The summed E-state index contributed by atoms with van der Waals surface area (Å²) in [6, 6.07) is 7.73. The number of aromatic nitrogens is 1. The Morgan fingerprint density at radius 1 is 1.43 bits per heavy atom. The largest absolute Gasteiger partial charge is 0.327 e. The summed E-state index contributed by atoms with van der Waals surface area (Å²) in [6.07, 6.45) is 3.14. The number of hydrogen-bond donors (Lipinski definition) is 1. The molecular weight excluding hydrogens is 372 g/mol. The van der Waals surface area contributed by atoms with E-state index in [1.807, 2.05) is 31.2 Å². The Balaban J connectivity index is 1.88. The van der Waals surface area contributed by atoms with Gasteiger partial charge >= 0.3 is 0 Å². The molecule has 1 N–H and O–H groups in total. The SMILES string of the molecule is [C-]#[N+]c1cccc2c1CCCN2c1cc(C)c(NC(=O)CCC(C)C)c(Cl)n1. The van der Waals surface area contributed by atoms with Crippen molar-refractivity contribution >= 4 is 40.4 Å². The predicted molar refractivity (Wildman–Crippen MR) is 115 cm³/mol. The topological polar surface area (TPSA) is 49.6 Å². The van der Waals surface area contributed by atoms with E-state index in [9.17, 15) is 4.79 Å². The summed E-state index contributed by atoms with van der Waals surface area (Å²) >= 11 is 6.45. The van der Waals surface area contributed by atoms with Crippen molar-refractivity contribution in [1.29, 1.82) is 0 Å². The van der Waals surface area contributed by atoms with Crippen LogP contribution in [0.1, 0.15) is 44.2 Å². The molecule has 3 rings (SSSR count). The van der Waals surface area contributed by atoms with Crippen molar-refractivity contribution < 1.29 is 4.79 Å². The Morgan fingerprint density at radius 3 is 2.89 bits per heavy atom. The fraction of sp³-hybridized carbons (Fsp3) is 0.409. The first kappa shape index (κ1) is 20.2. The number of anilines is 3. The third-order valence-electron chi connectivity index (χ3n) is 4.99. The Hall–Kier alpha value is -2.58. The van der Waals surface area contributed by atoms with E-state index in [1.54, 1.807) is 0 Å². The number of carbonyl (C=O) groups is 1. The molecular formula is C22H25ClN4O. The van der Waals surface area contributed by atoms with Crippen molar-refractivity contribution in [2.45, 2.75) is 46.5 Å². The van der Waals surface area contributed by atoms with Crippen LogP contribution in [0.2, 0.25) is 5.15 Å². The summed E-state index contributed by atoms with van der Waals surface area (Å²) in [5.41, 5.74) is 4.22. The second-order valence-electron chi connectivity index (χ2n) is 7.59. The highest BCUT2D eigenvalue weighted by molar-refractivity contribution is 6.32. The molecule has 2 aromatic rings. The minimum atomic E-state index is -0.0433. The zero-order chi connectivity index (χ0) is 20.3. The van der Waals surface area contributed by atoms with Crippen LogP contribution >= 0.6 is 11.6 Å². The van der Waals surface area contributed by atoms with E-state index in [-0.39, 0.29) is 5.91 Å². The molecule has 1 aliphatic rings. The van der Waals surface area contributed by atoms with Gasteiger partial charge in [0.1, 0.15) is 5.82 Å². The highest BCUT2D eigenvalue weighted by Gasteiger charge is 2.23. The first-order valence-electron chi connectivity index (χ1n) is 9.64. The van der Waals surface area contributed by atoms with Crippen molar-refractivity contribution in [1.82, 2.24) is 4.98 Å². The molecule has 1 amide bonds. The van der Waals surface area contributed by atoms with Crippen molar-refractivity contribution in [2.24, 2.45) is 5.92 Å². The zero-order valence-electron chi connectivity index (χ0n) is 16.6. The maximum atomic E-state index is 12.2. The Bertz CT molecular complexity index is 910. The molecule has 1 aromatic carbocycles. The van der Waals surface area contributed by atoms with Crippen LogP contribution in [0.5, 0.6) is 0 Å². The van der Waals surface area contributed by atoms with E-state index in [0.29, 0.717) is 28.9 Å². The van der Waals surface area contributed by atoms with Gasteiger partial charge in [0, 0.05) is 18.7 Å². The molecule has 28 heavy (non-hydrogen) atoms. The lowest BCUT2D eigenvalue weighted by Crippen LogP contribution is -2.25.